The van der Waals surface area contributed by atoms with E-state index in [0.29, 0.717) is 12.0 Å². The number of nitrogens with one attached hydrogen (secondary N) is 1. The molecule has 0 saturated heterocycles. The molecule has 6 nitrogen and oxygen atoms in total. The maximum Gasteiger partial charge on any atom is 0.324 e. The van der Waals surface area contributed by atoms with Gasteiger partial charge in [-0.05, 0) is 13.3 Å². The number of benzene rings is 1. The van der Waals surface area contributed by atoms with Crippen molar-refractivity contribution >= 4 is 21.8 Å². The molecule has 0 aliphatic heterocycles. The molecule has 22 heavy (non-hydrogen) atoms. The first kappa shape index (κ1) is 18.3. The number of hydrogen-bond donors (Lipinski definition) is 1. The van der Waals surface area contributed by atoms with Gasteiger partial charge in [-0.15, -0.1) is 0 Å². The van der Waals surface area contributed by atoms with Gasteiger partial charge in [-0.25, -0.2) is 13.1 Å². The van der Waals surface area contributed by atoms with E-state index < -0.39 is 28.6 Å². The molecule has 1 atom stereocenters. The summed E-state index contributed by atoms with van der Waals surface area (Å²) in [5.41, 5.74) is 0.437. The molecule has 0 aliphatic carbocycles. The Labute approximate surface area is 130 Å². The first-order chi connectivity index (χ1) is 10.4. The van der Waals surface area contributed by atoms with Crippen LogP contribution in [0.3, 0.4) is 0 Å². The largest absolute Gasteiger partial charge is 0.456 e. The Morgan fingerprint density at radius 3 is 2.45 bits per heavy atom. The van der Waals surface area contributed by atoms with Gasteiger partial charge in [0.1, 0.15) is 6.04 Å². The van der Waals surface area contributed by atoms with Gasteiger partial charge < -0.3 is 4.74 Å². The van der Waals surface area contributed by atoms with Crippen molar-refractivity contribution in [3.63, 3.8) is 0 Å². The highest BCUT2D eigenvalue weighted by molar-refractivity contribution is 7.89. The zero-order valence-corrected chi connectivity index (χ0v) is 13.6. The lowest BCUT2D eigenvalue weighted by atomic mass is 10.1. The summed E-state index contributed by atoms with van der Waals surface area (Å²) in [6.07, 6.45) is 1.26. The van der Waals surface area contributed by atoms with E-state index >= 15 is 0 Å². The van der Waals surface area contributed by atoms with Gasteiger partial charge in [0.2, 0.25) is 10.0 Å². The van der Waals surface area contributed by atoms with Crippen LogP contribution in [0, 0.1) is 0 Å². The third-order valence-electron chi connectivity index (χ3n) is 2.92. The molecule has 0 amide bonds. The van der Waals surface area contributed by atoms with Crippen molar-refractivity contribution < 1.29 is 22.7 Å². The summed E-state index contributed by atoms with van der Waals surface area (Å²) in [5, 5.41) is 0. The number of ether oxygens (including phenoxy) is 1. The van der Waals surface area contributed by atoms with Crippen molar-refractivity contribution in [3.05, 3.63) is 35.9 Å². The van der Waals surface area contributed by atoms with E-state index in [4.69, 9.17) is 4.74 Å². The molecule has 1 rings (SSSR count). The van der Waals surface area contributed by atoms with Crippen LogP contribution in [-0.2, 0) is 19.6 Å². The van der Waals surface area contributed by atoms with Crippen LogP contribution in [0.2, 0.25) is 0 Å². The molecule has 0 aliphatic rings. The minimum atomic E-state index is -3.51. The summed E-state index contributed by atoms with van der Waals surface area (Å²) >= 11 is 0. The van der Waals surface area contributed by atoms with Crippen molar-refractivity contribution in [2.45, 2.75) is 32.7 Å². The van der Waals surface area contributed by atoms with E-state index in [1.54, 1.807) is 30.3 Å². The Morgan fingerprint density at radius 1 is 1.23 bits per heavy atom. The lowest BCUT2D eigenvalue weighted by Gasteiger charge is -2.13. The Bertz CT molecular complexity index is 598. The van der Waals surface area contributed by atoms with Crippen molar-refractivity contribution in [2.75, 3.05) is 12.4 Å². The molecule has 0 bridgehead atoms. The number of unbranched alkanes of at least 4 members (excludes halogenated alkanes) is 1. The lowest BCUT2D eigenvalue weighted by Crippen LogP contribution is -2.41. The van der Waals surface area contributed by atoms with E-state index in [9.17, 15) is 18.0 Å². The molecule has 1 N–H and O–H groups in total. The smallest absolute Gasteiger partial charge is 0.324 e. The average Bonchev–Trinajstić information content (AvgIpc) is 2.50. The van der Waals surface area contributed by atoms with Crippen LogP contribution >= 0.6 is 0 Å². The fraction of sp³-hybridized carbons (Fsp3) is 0.467. The Hall–Kier alpha value is -1.73. The van der Waals surface area contributed by atoms with Gasteiger partial charge in [0.05, 0.1) is 5.75 Å². The summed E-state index contributed by atoms with van der Waals surface area (Å²) in [4.78, 5) is 23.5. The van der Waals surface area contributed by atoms with Gasteiger partial charge in [0.15, 0.2) is 12.4 Å². The van der Waals surface area contributed by atoms with Crippen LogP contribution in [-0.4, -0.2) is 38.6 Å². The molecule has 0 spiro atoms. The first-order valence-electron chi connectivity index (χ1n) is 7.10. The SMILES string of the molecule is CCCCS(=O)(=O)N[C@@H](C)C(=O)OCC(=O)c1ccccc1. The molecular formula is C15H21NO5S. The highest BCUT2D eigenvalue weighted by Crippen LogP contribution is 2.02. The number of sulfonamides is 1. The van der Waals surface area contributed by atoms with Crippen molar-refractivity contribution in [3.8, 4) is 0 Å². The van der Waals surface area contributed by atoms with Crippen molar-refractivity contribution in [2.24, 2.45) is 0 Å². The summed E-state index contributed by atoms with van der Waals surface area (Å²) < 4.78 is 30.5. The van der Waals surface area contributed by atoms with Crippen LogP contribution in [0.15, 0.2) is 30.3 Å². The van der Waals surface area contributed by atoms with Crippen LogP contribution in [0.25, 0.3) is 0 Å². The third-order valence-corrected chi connectivity index (χ3v) is 4.46. The van der Waals surface area contributed by atoms with Gasteiger partial charge in [-0.3, -0.25) is 9.59 Å². The summed E-state index contributed by atoms with van der Waals surface area (Å²) in [6, 6.07) is 7.40. The fourth-order valence-electron chi connectivity index (χ4n) is 1.68. The molecular weight excluding hydrogens is 306 g/mol. The third kappa shape index (κ3) is 6.36. The summed E-state index contributed by atoms with van der Waals surface area (Å²) in [5.74, 6) is -1.15. The molecule has 7 heteroatoms. The minimum absolute atomic E-state index is 0.0376. The Morgan fingerprint density at radius 2 is 1.86 bits per heavy atom. The van der Waals surface area contributed by atoms with E-state index in [0.717, 1.165) is 6.42 Å². The van der Waals surface area contributed by atoms with Crippen LogP contribution in [0.4, 0.5) is 0 Å². The number of hydrogen-bond acceptors (Lipinski definition) is 5. The molecule has 1 aromatic rings. The van der Waals surface area contributed by atoms with Gasteiger partial charge in [-0.1, -0.05) is 43.7 Å². The van der Waals surface area contributed by atoms with E-state index in [-0.39, 0.29) is 11.5 Å². The second-order valence-electron chi connectivity index (χ2n) is 4.91. The maximum atomic E-state index is 11.8. The van der Waals surface area contributed by atoms with E-state index in [2.05, 4.69) is 4.72 Å². The molecule has 0 fully saturated rings. The number of rotatable bonds is 9. The maximum absolute atomic E-state index is 11.8. The number of carbonyl (C=O) groups excluding carboxylic acids is 2. The van der Waals surface area contributed by atoms with Crippen LogP contribution in [0.5, 0.6) is 0 Å². The number of carbonyl (C=O) groups is 2. The highest BCUT2D eigenvalue weighted by Gasteiger charge is 2.21. The molecule has 122 valence electrons. The summed E-state index contributed by atoms with van der Waals surface area (Å²) in [7, 11) is -3.51. The normalized spacial score (nSPS) is 12.6. The topological polar surface area (TPSA) is 89.5 Å². The zero-order chi connectivity index (χ0) is 16.6. The predicted octanol–water partition coefficient (Wildman–Crippen LogP) is 1.52. The van der Waals surface area contributed by atoms with Crippen LogP contribution < -0.4 is 4.72 Å². The molecule has 0 heterocycles. The predicted molar refractivity (Wildman–Crippen MR) is 83.0 cm³/mol. The molecule has 0 saturated carbocycles. The minimum Gasteiger partial charge on any atom is -0.456 e. The fourth-order valence-corrected chi connectivity index (χ4v) is 3.10. The quantitative estimate of drug-likeness (QED) is 0.548. The van der Waals surface area contributed by atoms with Gasteiger partial charge >= 0.3 is 5.97 Å². The molecule has 0 aromatic heterocycles. The summed E-state index contributed by atoms with van der Waals surface area (Å²) in [6.45, 7) is 2.85. The van der Waals surface area contributed by atoms with Crippen LogP contribution in [0.1, 0.15) is 37.0 Å². The molecule has 0 unspecified atom stereocenters. The molecule has 1 aromatic carbocycles. The highest BCUT2D eigenvalue weighted by atomic mass is 32.2. The van der Waals surface area contributed by atoms with Gasteiger partial charge in [0, 0.05) is 5.56 Å². The van der Waals surface area contributed by atoms with Crippen molar-refractivity contribution in [1.82, 2.24) is 4.72 Å². The Balaban J connectivity index is 2.46. The number of Topliss-reactive ketones (excluding diaryl/α,β-unsaturated/α-hetero) is 1. The number of ketones is 1. The average molecular weight is 327 g/mol. The Kier molecular flexibility index (Phi) is 7.20. The number of esters is 1. The van der Waals surface area contributed by atoms with E-state index in [1.807, 2.05) is 6.92 Å². The standard InChI is InChI=1S/C15H21NO5S/c1-3-4-10-22(19,20)16-12(2)15(18)21-11-14(17)13-8-6-5-7-9-13/h5-9,12,16H,3-4,10-11H2,1-2H3/t12-/m0/s1. The lowest BCUT2D eigenvalue weighted by molar-refractivity contribution is -0.144. The van der Waals surface area contributed by atoms with Gasteiger partial charge in [-0.2, -0.15) is 0 Å². The zero-order valence-electron chi connectivity index (χ0n) is 12.7. The second-order valence-corrected chi connectivity index (χ2v) is 6.78. The molecule has 0 radical (unpaired) electrons. The second kappa shape index (κ2) is 8.65. The van der Waals surface area contributed by atoms with Crippen molar-refractivity contribution in [1.29, 1.82) is 0 Å². The first-order valence-corrected chi connectivity index (χ1v) is 8.76. The van der Waals surface area contributed by atoms with E-state index in [1.165, 1.54) is 6.92 Å². The van der Waals surface area contributed by atoms with Gasteiger partial charge in [0.25, 0.3) is 0 Å². The monoisotopic (exact) mass is 327 g/mol.